The van der Waals surface area contributed by atoms with Gasteiger partial charge in [0, 0.05) is 6.04 Å². The molecule has 0 amide bonds. The Morgan fingerprint density at radius 3 is 2.81 bits per heavy atom. The average molecular weight is 290 g/mol. The van der Waals surface area contributed by atoms with E-state index >= 15 is 0 Å². The minimum atomic E-state index is -0.544. The zero-order valence-electron chi connectivity index (χ0n) is 8.90. The van der Waals surface area contributed by atoms with Crippen molar-refractivity contribution in [1.82, 2.24) is 5.32 Å². The molecule has 1 aromatic rings. The van der Waals surface area contributed by atoms with Crippen molar-refractivity contribution in [3.05, 3.63) is 33.8 Å². The van der Waals surface area contributed by atoms with E-state index in [0.29, 0.717) is 18.0 Å². The van der Waals surface area contributed by atoms with Crippen LogP contribution < -0.4 is 5.32 Å². The maximum atomic E-state index is 13.7. The highest BCUT2D eigenvalue weighted by Gasteiger charge is 2.17. The molecular weight excluding hydrogens is 276 g/mol. The van der Waals surface area contributed by atoms with Gasteiger partial charge in [-0.3, -0.25) is 0 Å². The predicted molar refractivity (Wildman–Crippen MR) is 63.4 cm³/mol. The Hall–Kier alpha value is -0.480. The van der Waals surface area contributed by atoms with Gasteiger partial charge in [0.2, 0.25) is 0 Å². The predicted octanol–water partition coefficient (Wildman–Crippen LogP) is 3.41. The summed E-state index contributed by atoms with van der Waals surface area (Å²) in [6, 6.07) is 3.16. The molecule has 0 aliphatic carbocycles. The van der Waals surface area contributed by atoms with E-state index in [1.807, 2.05) is 0 Å². The van der Waals surface area contributed by atoms with Crippen molar-refractivity contribution in [2.75, 3.05) is 6.54 Å². The van der Waals surface area contributed by atoms with Crippen molar-refractivity contribution in [3.8, 4) is 0 Å². The van der Waals surface area contributed by atoms with Gasteiger partial charge in [-0.15, -0.1) is 0 Å². The summed E-state index contributed by atoms with van der Waals surface area (Å²) in [5.74, 6) is -1.01. The van der Waals surface area contributed by atoms with Gasteiger partial charge in [-0.05, 0) is 53.4 Å². The van der Waals surface area contributed by atoms with Crippen molar-refractivity contribution < 1.29 is 8.78 Å². The van der Waals surface area contributed by atoms with Crippen LogP contribution in [0.3, 0.4) is 0 Å². The molecular formula is C12H14BrF2N. The first-order valence-electron chi connectivity index (χ1n) is 5.54. The van der Waals surface area contributed by atoms with Gasteiger partial charge in [-0.2, -0.15) is 0 Å². The first-order chi connectivity index (χ1) is 7.68. The Morgan fingerprint density at radius 2 is 2.12 bits per heavy atom. The highest BCUT2D eigenvalue weighted by atomic mass is 79.9. The average Bonchev–Trinajstić information content (AvgIpc) is 2.31. The molecule has 1 atom stereocenters. The van der Waals surface area contributed by atoms with Crippen molar-refractivity contribution in [1.29, 1.82) is 0 Å². The number of benzene rings is 1. The third kappa shape index (κ3) is 2.61. The molecule has 1 nitrogen and oxygen atoms in total. The lowest BCUT2D eigenvalue weighted by molar-refractivity contribution is 0.394. The van der Waals surface area contributed by atoms with E-state index in [0.717, 1.165) is 13.0 Å². The number of piperidine rings is 1. The molecule has 2 rings (SSSR count). The number of rotatable bonds is 2. The van der Waals surface area contributed by atoms with E-state index in [1.54, 1.807) is 0 Å². The van der Waals surface area contributed by atoms with Crippen molar-refractivity contribution >= 4 is 15.9 Å². The molecule has 1 aliphatic heterocycles. The van der Waals surface area contributed by atoms with Gasteiger partial charge in [0.25, 0.3) is 0 Å². The molecule has 0 spiro atoms. The van der Waals surface area contributed by atoms with Crippen LogP contribution >= 0.6 is 15.9 Å². The van der Waals surface area contributed by atoms with Crippen molar-refractivity contribution in [3.63, 3.8) is 0 Å². The Balaban J connectivity index is 2.11. The first kappa shape index (κ1) is 12.0. The Bertz CT molecular complexity index is 376. The summed E-state index contributed by atoms with van der Waals surface area (Å²) in [7, 11) is 0. The lowest BCUT2D eigenvalue weighted by Crippen LogP contribution is -2.35. The topological polar surface area (TPSA) is 12.0 Å². The monoisotopic (exact) mass is 289 g/mol. The van der Waals surface area contributed by atoms with Crippen LogP contribution in [0.4, 0.5) is 8.78 Å². The SMILES string of the molecule is Fc1ccc(CC2CCCCN2)c(F)c1Br. The lowest BCUT2D eigenvalue weighted by atomic mass is 9.97. The van der Waals surface area contributed by atoms with Crippen LogP contribution in [-0.2, 0) is 6.42 Å². The molecule has 1 unspecified atom stereocenters. The molecule has 88 valence electrons. The number of halogens is 3. The molecule has 1 fully saturated rings. The second-order valence-corrected chi connectivity index (χ2v) is 4.98. The summed E-state index contributed by atoms with van der Waals surface area (Å²) in [6.07, 6.45) is 4.06. The summed E-state index contributed by atoms with van der Waals surface area (Å²) < 4.78 is 26.7. The third-order valence-electron chi connectivity index (χ3n) is 2.99. The molecule has 0 bridgehead atoms. The highest BCUT2D eigenvalue weighted by Crippen LogP contribution is 2.24. The lowest BCUT2D eigenvalue weighted by Gasteiger charge is -2.23. The molecule has 1 saturated heterocycles. The zero-order valence-corrected chi connectivity index (χ0v) is 10.5. The summed E-state index contributed by atoms with van der Waals surface area (Å²) in [5.41, 5.74) is 0.577. The molecule has 0 radical (unpaired) electrons. The Labute approximate surface area is 102 Å². The minimum Gasteiger partial charge on any atom is -0.314 e. The highest BCUT2D eigenvalue weighted by molar-refractivity contribution is 9.10. The van der Waals surface area contributed by atoms with Crippen LogP contribution in [0.5, 0.6) is 0 Å². The Morgan fingerprint density at radius 1 is 1.31 bits per heavy atom. The molecule has 0 saturated carbocycles. The normalized spacial score (nSPS) is 21.1. The van der Waals surface area contributed by atoms with Crippen molar-refractivity contribution in [2.24, 2.45) is 0 Å². The van der Waals surface area contributed by atoms with E-state index in [1.165, 1.54) is 25.0 Å². The van der Waals surface area contributed by atoms with E-state index < -0.39 is 11.6 Å². The largest absolute Gasteiger partial charge is 0.314 e. The van der Waals surface area contributed by atoms with Crippen LogP contribution in [0, 0.1) is 11.6 Å². The Kier molecular flexibility index (Phi) is 3.92. The summed E-state index contributed by atoms with van der Waals surface area (Å²) in [6.45, 7) is 0.995. The fourth-order valence-electron chi connectivity index (χ4n) is 2.09. The maximum absolute atomic E-state index is 13.7. The van der Waals surface area contributed by atoms with E-state index in [9.17, 15) is 8.78 Å². The van der Waals surface area contributed by atoms with Gasteiger partial charge in [-0.1, -0.05) is 12.5 Å². The fraction of sp³-hybridized carbons (Fsp3) is 0.500. The first-order valence-corrected chi connectivity index (χ1v) is 6.33. The molecule has 4 heteroatoms. The summed E-state index contributed by atoms with van der Waals surface area (Å²) in [5, 5.41) is 3.35. The van der Waals surface area contributed by atoms with Crippen LogP contribution in [0.25, 0.3) is 0 Å². The van der Waals surface area contributed by atoms with Gasteiger partial charge in [0.15, 0.2) is 0 Å². The van der Waals surface area contributed by atoms with E-state index in [2.05, 4.69) is 21.2 Å². The standard InChI is InChI=1S/C12H14BrF2N/c13-11-10(14)5-4-8(12(11)15)7-9-3-1-2-6-16-9/h4-5,9,16H,1-3,6-7H2. The van der Waals surface area contributed by atoms with Gasteiger partial charge in [0.05, 0.1) is 4.47 Å². The molecule has 1 aliphatic rings. The van der Waals surface area contributed by atoms with E-state index in [-0.39, 0.29) is 4.47 Å². The van der Waals surface area contributed by atoms with E-state index in [4.69, 9.17) is 0 Å². The number of nitrogens with one attached hydrogen (secondary N) is 1. The van der Waals surface area contributed by atoms with Crippen LogP contribution in [0.15, 0.2) is 16.6 Å². The second kappa shape index (κ2) is 5.23. The quantitative estimate of drug-likeness (QED) is 0.823. The minimum absolute atomic E-state index is 0.0548. The number of hydrogen-bond acceptors (Lipinski definition) is 1. The van der Waals surface area contributed by atoms with Crippen molar-refractivity contribution in [2.45, 2.75) is 31.7 Å². The van der Waals surface area contributed by atoms with Gasteiger partial charge in [0.1, 0.15) is 11.6 Å². The van der Waals surface area contributed by atoms with Gasteiger partial charge in [-0.25, -0.2) is 8.78 Å². The van der Waals surface area contributed by atoms with Gasteiger partial charge >= 0.3 is 0 Å². The summed E-state index contributed by atoms with van der Waals surface area (Å²) >= 11 is 2.92. The zero-order chi connectivity index (χ0) is 11.5. The maximum Gasteiger partial charge on any atom is 0.143 e. The number of hydrogen-bond donors (Lipinski definition) is 1. The van der Waals surface area contributed by atoms with Crippen LogP contribution in [-0.4, -0.2) is 12.6 Å². The third-order valence-corrected chi connectivity index (χ3v) is 3.72. The molecule has 1 aromatic carbocycles. The molecule has 1 N–H and O–H groups in total. The van der Waals surface area contributed by atoms with Crippen LogP contribution in [0.1, 0.15) is 24.8 Å². The molecule has 0 aromatic heterocycles. The fourth-order valence-corrected chi connectivity index (χ4v) is 2.47. The summed E-state index contributed by atoms with van der Waals surface area (Å²) in [4.78, 5) is 0. The smallest absolute Gasteiger partial charge is 0.143 e. The van der Waals surface area contributed by atoms with Crippen LogP contribution in [0.2, 0.25) is 0 Å². The molecule has 16 heavy (non-hydrogen) atoms. The second-order valence-electron chi connectivity index (χ2n) is 4.19. The molecule has 1 heterocycles. The van der Waals surface area contributed by atoms with Gasteiger partial charge < -0.3 is 5.32 Å².